The molecule has 1 fully saturated rings. The van der Waals surface area contributed by atoms with Crippen molar-refractivity contribution in [2.45, 2.75) is 4.90 Å². The third kappa shape index (κ3) is 5.53. The van der Waals surface area contributed by atoms with E-state index in [0.29, 0.717) is 25.2 Å². The molecule has 3 rings (SSSR count). The number of morpholine rings is 1. The molecule has 1 amide bonds. The average Bonchev–Trinajstić information content (AvgIpc) is 2.79. The Balaban J connectivity index is 1.70. The summed E-state index contributed by atoms with van der Waals surface area (Å²) in [5, 5.41) is 2.62. The van der Waals surface area contributed by atoms with Crippen LogP contribution in [0.5, 0.6) is 11.5 Å². The number of carbonyl (C=O) groups excluding carboxylic acids is 2. The summed E-state index contributed by atoms with van der Waals surface area (Å²) >= 11 is 6.12. The Bertz CT molecular complexity index is 1070. The van der Waals surface area contributed by atoms with E-state index in [1.165, 1.54) is 41.7 Å². The van der Waals surface area contributed by atoms with Crippen LogP contribution in [0.1, 0.15) is 10.4 Å². The van der Waals surface area contributed by atoms with Crippen LogP contribution in [0, 0.1) is 0 Å². The quantitative estimate of drug-likeness (QED) is 0.591. The fraction of sp³-hybridized carbons (Fsp3) is 0.300. The van der Waals surface area contributed by atoms with Crippen molar-refractivity contribution < 1.29 is 32.2 Å². The highest BCUT2D eigenvalue weighted by molar-refractivity contribution is 7.89. The zero-order chi connectivity index (χ0) is 22.4. The average molecular weight is 469 g/mol. The van der Waals surface area contributed by atoms with E-state index in [4.69, 9.17) is 25.8 Å². The summed E-state index contributed by atoms with van der Waals surface area (Å²) < 4.78 is 42.7. The van der Waals surface area contributed by atoms with Gasteiger partial charge in [-0.25, -0.2) is 8.42 Å². The molecule has 0 spiro atoms. The molecular weight excluding hydrogens is 448 g/mol. The Labute approximate surface area is 184 Å². The fourth-order valence-electron chi connectivity index (χ4n) is 2.92. The number of nitrogens with zero attached hydrogens (tertiary/aromatic N) is 1. The lowest BCUT2D eigenvalue weighted by atomic mass is 10.2. The Hall–Kier alpha value is -2.66. The minimum absolute atomic E-state index is 0.0506. The molecular formula is C20H21ClN2O7S. The predicted octanol–water partition coefficient (Wildman–Crippen LogP) is 2.20. The van der Waals surface area contributed by atoms with Crippen molar-refractivity contribution in [3.63, 3.8) is 0 Å². The van der Waals surface area contributed by atoms with Crippen molar-refractivity contribution >= 4 is 39.5 Å². The number of halogens is 1. The molecule has 0 aromatic heterocycles. The first kappa shape index (κ1) is 23.0. The summed E-state index contributed by atoms with van der Waals surface area (Å²) in [5.74, 6) is 0.163. The zero-order valence-electron chi connectivity index (χ0n) is 16.7. The molecule has 31 heavy (non-hydrogen) atoms. The number of hydrogen-bond acceptors (Lipinski definition) is 7. The third-order valence-electron chi connectivity index (χ3n) is 4.51. The number of nitrogens with one attached hydrogen (secondary N) is 1. The van der Waals surface area contributed by atoms with Crippen LogP contribution in [0.25, 0.3) is 0 Å². The number of aldehydes is 1. The number of amides is 1. The predicted molar refractivity (Wildman–Crippen MR) is 114 cm³/mol. The number of methoxy groups -OCH3 is 1. The first-order valence-corrected chi connectivity index (χ1v) is 11.1. The van der Waals surface area contributed by atoms with Crippen LogP contribution in [0.15, 0.2) is 41.3 Å². The van der Waals surface area contributed by atoms with E-state index in [1.54, 1.807) is 6.07 Å². The normalized spacial score (nSPS) is 14.6. The second-order valence-electron chi connectivity index (χ2n) is 6.52. The molecule has 0 atom stereocenters. The van der Waals surface area contributed by atoms with Gasteiger partial charge in [0.15, 0.2) is 12.9 Å². The van der Waals surface area contributed by atoms with Crippen LogP contribution in [0.3, 0.4) is 0 Å². The second kappa shape index (κ2) is 10.1. The monoisotopic (exact) mass is 468 g/mol. The van der Waals surface area contributed by atoms with Crippen molar-refractivity contribution in [1.82, 2.24) is 4.31 Å². The Morgan fingerprint density at radius 3 is 2.65 bits per heavy atom. The van der Waals surface area contributed by atoms with Gasteiger partial charge in [-0.1, -0.05) is 11.6 Å². The van der Waals surface area contributed by atoms with Gasteiger partial charge in [-0.2, -0.15) is 4.31 Å². The highest BCUT2D eigenvalue weighted by atomic mass is 35.5. The summed E-state index contributed by atoms with van der Waals surface area (Å²) in [4.78, 5) is 23.4. The molecule has 2 aromatic rings. The van der Waals surface area contributed by atoms with Crippen molar-refractivity contribution in [2.24, 2.45) is 0 Å². The zero-order valence-corrected chi connectivity index (χ0v) is 18.2. The van der Waals surface area contributed by atoms with Gasteiger partial charge in [0, 0.05) is 18.8 Å². The molecule has 0 radical (unpaired) electrons. The lowest BCUT2D eigenvalue weighted by Crippen LogP contribution is -2.40. The maximum Gasteiger partial charge on any atom is 0.262 e. The van der Waals surface area contributed by atoms with Gasteiger partial charge >= 0.3 is 0 Å². The van der Waals surface area contributed by atoms with Gasteiger partial charge in [0.05, 0.1) is 30.9 Å². The number of sulfonamides is 1. The Kier molecular flexibility index (Phi) is 7.50. The number of benzene rings is 2. The molecule has 1 aliphatic heterocycles. The van der Waals surface area contributed by atoms with Crippen LogP contribution in [-0.4, -0.2) is 64.9 Å². The molecule has 1 heterocycles. The number of rotatable bonds is 8. The van der Waals surface area contributed by atoms with E-state index in [2.05, 4.69) is 5.32 Å². The maximum absolute atomic E-state index is 12.9. The Morgan fingerprint density at radius 2 is 1.97 bits per heavy atom. The fourth-order valence-corrected chi connectivity index (χ4v) is 4.83. The summed E-state index contributed by atoms with van der Waals surface area (Å²) in [7, 11) is -2.36. The molecule has 11 heteroatoms. The second-order valence-corrected chi connectivity index (χ2v) is 8.83. The molecule has 2 aromatic carbocycles. The molecule has 1 aliphatic rings. The summed E-state index contributed by atoms with van der Waals surface area (Å²) in [6, 6.07) is 8.80. The van der Waals surface area contributed by atoms with E-state index in [-0.39, 0.29) is 46.6 Å². The van der Waals surface area contributed by atoms with Gasteiger partial charge in [0.2, 0.25) is 10.0 Å². The number of ether oxygens (including phenoxy) is 3. The van der Waals surface area contributed by atoms with Crippen LogP contribution >= 0.6 is 11.6 Å². The van der Waals surface area contributed by atoms with E-state index in [0.717, 1.165) is 0 Å². The van der Waals surface area contributed by atoms with Gasteiger partial charge in [-0.3, -0.25) is 9.59 Å². The number of anilines is 1. The van der Waals surface area contributed by atoms with Crippen LogP contribution < -0.4 is 14.8 Å². The first-order chi connectivity index (χ1) is 14.8. The van der Waals surface area contributed by atoms with Crippen molar-refractivity contribution in [3.8, 4) is 11.5 Å². The SMILES string of the molecule is COc1ccc(OCC(=O)Nc2ccc(Cl)c(S(=O)(=O)N3CCOCC3)c2)c(C=O)c1. The summed E-state index contributed by atoms with van der Waals surface area (Å²) in [6.45, 7) is 0.673. The number of carbonyl (C=O) groups is 2. The van der Waals surface area contributed by atoms with Gasteiger partial charge in [0.1, 0.15) is 16.4 Å². The standard InChI is InChI=1S/C20H21ClN2O7S/c1-28-16-3-5-18(14(10-16)12-24)30-13-20(25)22-15-2-4-17(21)19(11-15)31(26,27)23-6-8-29-9-7-23/h2-5,10-12H,6-9,13H2,1H3,(H,22,25). The lowest BCUT2D eigenvalue weighted by molar-refractivity contribution is -0.118. The highest BCUT2D eigenvalue weighted by Crippen LogP contribution is 2.28. The molecule has 9 nitrogen and oxygen atoms in total. The summed E-state index contributed by atoms with van der Waals surface area (Å²) in [5.41, 5.74) is 0.479. The molecule has 166 valence electrons. The minimum atomic E-state index is -3.83. The minimum Gasteiger partial charge on any atom is -0.497 e. The van der Waals surface area contributed by atoms with Crippen molar-refractivity contribution in [1.29, 1.82) is 0 Å². The van der Waals surface area contributed by atoms with Crippen molar-refractivity contribution in [2.75, 3.05) is 45.3 Å². The molecule has 0 bridgehead atoms. The van der Waals surface area contributed by atoms with E-state index < -0.39 is 15.9 Å². The third-order valence-corrected chi connectivity index (χ3v) is 6.89. The van der Waals surface area contributed by atoms with E-state index in [1.807, 2.05) is 0 Å². The molecule has 1 N–H and O–H groups in total. The molecule has 0 aliphatic carbocycles. The van der Waals surface area contributed by atoms with E-state index >= 15 is 0 Å². The smallest absolute Gasteiger partial charge is 0.262 e. The molecule has 1 saturated heterocycles. The maximum atomic E-state index is 12.9. The Morgan fingerprint density at radius 1 is 1.23 bits per heavy atom. The van der Waals surface area contributed by atoms with Gasteiger partial charge in [-0.05, 0) is 36.4 Å². The molecule has 0 unspecified atom stereocenters. The van der Waals surface area contributed by atoms with E-state index in [9.17, 15) is 18.0 Å². The van der Waals surface area contributed by atoms with Gasteiger partial charge in [0.25, 0.3) is 5.91 Å². The highest BCUT2D eigenvalue weighted by Gasteiger charge is 2.28. The van der Waals surface area contributed by atoms with Gasteiger partial charge in [-0.15, -0.1) is 0 Å². The molecule has 0 saturated carbocycles. The van der Waals surface area contributed by atoms with Gasteiger partial charge < -0.3 is 19.5 Å². The van der Waals surface area contributed by atoms with Crippen molar-refractivity contribution in [3.05, 3.63) is 47.0 Å². The van der Waals surface area contributed by atoms with Crippen LogP contribution in [0.4, 0.5) is 5.69 Å². The van der Waals surface area contributed by atoms with Crippen LogP contribution in [-0.2, 0) is 19.6 Å². The largest absolute Gasteiger partial charge is 0.497 e. The number of hydrogen-bond donors (Lipinski definition) is 1. The topological polar surface area (TPSA) is 111 Å². The first-order valence-electron chi connectivity index (χ1n) is 9.28. The van der Waals surface area contributed by atoms with Crippen LogP contribution in [0.2, 0.25) is 5.02 Å². The lowest BCUT2D eigenvalue weighted by Gasteiger charge is -2.26. The summed E-state index contributed by atoms with van der Waals surface area (Å²) in [6.07, 6.45) is 0.595.